The van der Waals surface area contributed by atoms with Gasteiger partial charge in [-0.1, -0.05) is 48.5 Å². The minimum atomic E-state index is 0.869. The third-order valence-corrected chi connectivity index (χ3v) is 5.39. The lowest BCUT2D eigenvalue weighted by atomic mass is 10.0. The van der Waals surface area contributed by atoms with Crippen LogP contribution in [0.25, 0.3) is 20.5 Å². The molecular weight excluding hydrogens is 312 g/mol. The van der Waals surface area contributed by atoms with E-state index in [0.717, 1.165) is 11.5 Å². The number of aryl methyl sites for hydroxylation is 2. The molecule has 0 saturated carbocycles. The molecule has 0 aliphatic heterocycles. The fraction of sp³-hybridized carbons (Fsp3) is 0.0909. The Hall–Kier alpha value is -2.58. The zero-order valence-electron chi connectivity index (χ0n) is 13.7. The van der Waals surface area contributed by atoms with Gasteiger partial charge in [0.15, 0.2) is 5.75 Å². The highest BCUT2D eigenvalue weighted by Crippen LogP contribution is 2.47. The van der Waals surface area contributed by atoms with Crippen molar-refractivity contribution in [2.75, 3.05) is 0 Å². The molecule has 0 bridgehead atoms. The third kappa shape index (κ3) is 2.59. The Morgan fingerprint density at radius 3 is 2.12 bits per heavy atom. The molecule has 1 heterocycles. The van der Waals surface area contributed by atoms with E-state index in [9.17, 15) is 0 Å². The van der Waals surface area contributed by atoms with Gasteiger partial charge >= 0.3 is 0 Å². The predicted octanol–water partition coefficient (Wildman–Crippen LogP) is 6.98. The van der Waals surface area contributed by atoms with E-state index in [0.29, 0.717) is 0 Å². The molecule has 0 N–H and O–H groups in total. The van der Waals surface area contributed by atoms with E-state index in [1.165, 1.54) is 31.7 Å². The number of thiophene rings is 1. The highest BCUT2D eigenvalue weighted by Gasteiger charge is 2.18. The van der Waals surface area contributed by atoms with Gasteiger partial charge in [0.25, 0.3) is 0 Å². The average Bonchev–Trinajstić information content (AvgIpc) is 2.94. The monoisotopic (exact) mass is 330 g/mol. The Bertz CT molecular complexity index is 979. The van der Waals surface area contributed by atoms with Crippen LogP contribution in [0.15, 0.2) is 72.8 Å². The first-order valence-corrected chi connectivity index (χ1v) is 8.87. The van der Waals surface area contributed by atoms with E-state index in [2.05, 4.69) is 56.3 Å². The van der Waals surface area contributed by atoms with Crippen LogP contribution < -0.4 is 4.74 Å². The number of rotatable bonds is 3. The minimum Gasteiger partial charge on any atom is -0.455 e. The van der Waals surface area contributed by atoms with Crippen LogP contribution in [-0.2, 0) is 0 Å². The number of hydrogen-bond acceptors (Lipinski definition) is 2. The Balaban J connectivity index is 1.97. The fourth-order valence-corrected chi connectivity index (χ4v) is 4.37. The van der Waals surface area contributed by atoms with Crippen molar-refractivity contribution in [2.45, 2.75) is 13.8 Å². The maximum atomic E-state index is 6.34. The molecule has 3 aromatic carbocycles. The van der Waals surface area contributed by atoms with E-state index in [-0.39, 0.29) is 0 Å². The van der Waals surface area contributed by atoms with E-state index in [4.69, 9.17) is 4.74 Å². The number of ether oxygens (including phenoxy) is 1. The zero-order valence-corrected chi connectivity index (χ0v) is 14.6. The van der Waals surface area contributed by atoms with E-state index in [1.54, 1.807) is 11.3 Å². The smallest absolute Gasteiger partial charge is 0.153 e. The SMILES string of the molecule is Cc1cccc(C)c1-c1sc2ccccc2c1Oc1ccccc1. The summed E-state index contributed by atoms with van der Waals surface area (Å²) in [5.41, 5.74) is 3.84. The van der Waals surface area contributed by atoms with Crippen molar-refractivity contribution in [3.8, 4) is 21.9 Å². The van der Waals surface area contributed by atoms with Crippen LogP contribution in [0.1, 0.15) is 11.1 Å². The van der Waals surface area contributed by atoms with Crippen molar-refractivity contribution in [1.29, 1.82) is 0 Å². The summed E-state index contributed by atoms with van der Waals surface area (Å²) in [5.74, 6) is 1.83. The van der Waals surface area contributed by atoms with Gasteiger partial charge in [-0.05, 0) is 49.2 Å². The van der Waals surface area contributed by atoms with E-state index >= 15 is 0 Å². The lowest BCUT2D eigenvalue weighted by Crippen LogP contribution is -1.89. The van der Waals surface area contributed by atoms with Crippen molar-refractivity contribution >= 4 is 21.4 Å². The van der Waals surface area contributed by atoms with Crippen molar-refractivity contribution < 1.29 is 4.74 Å². The molecule has 4 aromatic rings. The predicted molar refractivity (Wildman–Crippen MR) is 103 cm³/mol. The number of fused-ring (bicyclic) bond motifs is 1. The highest BCUT2D eigenvalue weighted by molar-refractivity contribution is 7.22. The molecule has 0 amide bonds. The van der Waals surface area contributed by atoms with Crippen molar-refractivity contribution in [2.24, 2.45) is 0 Å². The summed E-state index contributed by atoms with van der Waals surface area (Å²) in [6.45, 7) is 4.33. The first kappa shape index (κ1) is 15.0. The molecule has 1 aromatic heterocycles. The van der Waals surface area contributed by atoms with Crippen molar-refractivity contribution in [3.63, 3.8) is 0 Å². The van der Waals surface area contributed by atoms with Crippen LogP contribution in [-0.4, -0.2) is 0 Å². The summed E-state index contributed by atoms with van der Waals surface area (Å²) >= 11 is 1.80. The standard InChI is InChI=1S/C22H18OS/c1-15-9-8-10-16(2)20(15)22-21(23-17-11-4-3-5-12-17)18-13-6-7-14-19(18)24-22/h3-14H,1-2H3. The lowest BCUT2D eigenvalue weighted by molar-refractivity contribution is 0.491. The van der Waals surface area contributed by atoms with Gasteiger partial charge in [-0.2, -0.15) is 0 Å². The lowest BCUT2D eigenvalue weighted by Gasteiger charge is -2.12. The number of hydrogen-bond donors (Lipinski definition) is 0. The largest absolute Gasteiger partial charge is 0.455 e. The number of benzene rings is 3. The quantitative estimate of drug-likeness (QED) is 0.394. The van der Waals surface area contributed by atoms with Gasteiger partial charge in [0.1, 0.15) is 5.75 Å². The van der Waals surface area contributed by atoms with Gasteiger partial charge in [-0.3, -0.25) is 0 Å². The minimum absolute atomic E-state index is 0.869. The number of para-hydroxylation sites is 1. The molecular formula is C22H18OS. The summed E-state index contributed by atoms with van der Waals surface area (Å²) in [7, 11) is 0. The molecule has 1 nitrogen and oxygen atoms in total. The molecule has 24 heavy (non-hydrogen) atoms. The molecule has 4 rings (SSSR count). The first-order valence-electron chi connectivity index (χ1n) is 8.05. The Morgan fingerprint density at radius 1 is 0.708 bits per heavy atom. The molecule has 0 radical (unpaired) electrons. The van der Waals surface area contributed by atoms with Gasteiger partial charge in [0, 0.05) is 15.6 Å². The van der Waals surface area contributed by atoms with Gasteiger partial charge in [0.05, 0.1) is 4.88 Å². The summed E-state index contributed by atoms with van der Waals surface area (Å²) in [5, 5.41) is 1.17. The van der Waals surface area contributed by atoms with Gasteiger partial charge in [0.2, 0.25) is 0 Å². The first-order chi connectivity index (χ1) is 11.7. The summed E-state index contributed by atoms with van der Waals surface area (Å²) < 4.78 is 7.59. The molecule has 2 heteroatoms. The van der Waals surface area contributed by atoms with Gasteiger partial charge in [-0.15, -0.1) is 11.3 Å². The fourth-order valence-electron chi connectivity index (χ4n) is 3.07. The zero-order chi connectivity index (χ0) is 16.5. The third-order valence-electron chi connectivity index (χ3n) is 4.22. The highest BCUT2D eigenvalue weighted by atomic mass is 32.1. The van der Waals surface area contributed by atoms with Crippen LogP contribution >= 0.6 is 11.3 Å². The van der Waals surface area contributed by atoms with Gasteiger partial charge in [-0.25, -0.2) is 0 Å². The Labute approximate surface area is 146 Å². The normalized spacial score (nSPS) is 10.9. The molecule has 118 valence electrons. The second-order valence-corrected chi connectivity index (χ2v) is 6.99. The van der Waals surface area contributed by atoms with E-state index in [1.807, 2.05) is 30.3 Å². The topological polar surface area (TPSA) is 9.23 Å². The second-order valence-electron chi connectivity index (χ2n) is 5.94. The van der Waals surface area contributed by atoms with Gasteiger partial charge < -0.3 is 4.74 Å². The van der Waals surface area contributed by atoms with E-state index < -0.39 is 0 Å². The van der Waals surface area contributed by atoms with Crippen molar-refractivity contribution in [1.82, 2.24) is 0 Å². The van der Waals surface area contributed by atoms with Crippen LogP contribution in [0.4, 0.5) is 0 Å². The maximum absolute atomic E-state index is 6.34. The second kappa shape index (κ2) is 6.14. The average molecular weight is 330 g/mol. The molecule has 0 spiro atoms. The van der Waals surface area contributed by atoms with Crippen molar-refractivity contribution in [3.05, 3.63) is 83.9 Å². The molecule has 0 unspecified atom stereocenters. The summed E-state index contributed by atoms with van der Waals surface area (Å²) in [6, 6.07) is 24.9. The Morgan fingerprint density at radius 2 is 1.38 bits per heavy atom. The molecule has 0 aliphatic carbocycles. The van der Waals surface area contributed by atoms with Crippen LogP contribution in [0.2, 0.25) is 0 Å². The maximum Gasteiger partial charge on any atom is 0.153 e. The molecule has 0 fully saturated rings. The summed E-state index contributed by atoms with van der Waals surface area (Å²) in [4.78, 5) is 1.20. The summed E-state index contributed by atoms with van der Waals surface area (Å²) in [6.07, 6.45) is 0. The molecule has 0 saturated heterocycles. The van der Waals surface area contributed by atoms with Crippen LogP contribution in [0.3, 0.4) is 0 Å². The van der Waals surface area contributed by atoms with Crippen LogP contribution in [0.5, 0.6) is 11.5 Å². The molecule has 0 aliphatic rings. The van der Waals surface area contributed by atoms with Crippen LogP contribution in [0, 0.1) is 13.8 Å². The molecule has 0 atom stereocenters. The Kier molecular flexibility index (Phi) is 3.83.